The first kappa shape index (κ1) is 25.3. The molecule has 2 aliphatic rings. The number of imide groups is 1. The Morgan fingerprint density at radius 2 is 1.89 bits per heavy atom. The average molecular weight is 528 g/mol. The van der Waals surface area contributed by atoms with Gasteiger partial charge in [-0.05, 0) is 42.0 Å². The van der Waals surface area contributed by atoms with Crippen LogP contribution in [-0.2, 0) is 14.3 Å². The zero-order valence-corrected chi connectivity index (χ0v) is 19.3. The Labute approximate surface area is 206 Å². The Kier molecular flexibility index (Phi) is 6.31. The number of benzene rings is 2. The third-order valence-corrected chi connectivity index (χ3v) is 5.98. The van der Waals surface area contributed by atoms with Crippen LogP contribution >= 0.6 is 11.6 Å². The van der Waals surface area contributed by atoms with E-state index in [2.05, 4.69) is 14.6 Å². The molecule has 2 aromatic rings. The molecule has 2 unspecified atom stereocenters. The van der Waals surface area contributed by atoms with Gasteiger partial charge in [0.2, 0.25) is 5.60 Å². The van der Waals surface area contributed by atoms with Crippen LogP contribution in [0.25, 0.3) is 0 Å². The smallest absolute Gasteiger partial charge is 0.479 e. The van der Waals surface area contributed by atoms with Gasteiger partial charge in [0, 0.05) is 16.5 Å². The number of carboxylic acids is 1. The number of anilines is 1. The van der Waals surface area contributed by atoms with Gasteiger partial charge < -0.3 is 19.3 Å². The van der Waals surface area contributed by atoms with Gasteiger partial charge in [0.25, 0.3) is 0 Å². The summed E-state index contributed by atoms with van der Waals surface area (Å²) in [7, 11) is 0.996. The van der Waals surface area contributed by atoms with E-state index in [0.29, 0.717) is 26.1 Å². The van der Waals surface area contributed by atoms with E-state index >= 15 is 0 Å². The van der Waals surface area contributed by atoms with Crippen molar-refractivity contribution >= 4 is 41.1 Å². The number of aliphatic carboxylic acids is 1. The molecule has 10 nitrogen and oxygen atoms in total. The molecule has 0 aromatic heterocycles. The third kappa shape index (κ3) is 4.20. The van der Waals surface area contributed by atoms with Crippen molar-refractivity contribution in [1.29, 1.82) is 0 Å². The molecule has 1 heterocycles. The van der Waals surface area contributed by atoms with Crippen molar-refractivity contribution < 1.29 is 46.9 Å². The summed E-state index contributed by atoms with van der Waals surface area (Å²) in [5, 5.41) is 15.3. The Morgan fingerprint density at radius 3 is 2.47 bits per heavy atom. The fraction of sp³-hybridized carbons (Fsp3) is 0.273. The number of carboxylic acid groups (broad SMARTS) is 1. The molecule has 36 heavy (non-hydrogen) atoms. The first-order valence-corrected chi connectivity index (χ1v) is 10.6. The van der Waals surface area contributed by atoms with Gasteiger partial charge in [-0.3, -0.25) is 0 Å². The number of methoxy groups -OCH3 is 1. The number of ether oxygens (including phenoxy) is 3. The minimum Gasteiger partial charge on any atom is -0.479 e. The van der Waals surface area contributed by atoms with Gasteiger partial charge in [0.05, 0.1) is 12.8 Å². The van der Waals surface area contributed by atoms with Crippen LogP contribution in [0, 0.1) is 0 Å². The number of hydrazone groups is 1. The molecule has 0 saturated carbocycles. The summed E-state index contributed by atoms with van der Waals surface area (Å²) >= 11 is 6.07. The van der Waals surface area contributed by atoms with Crippen molar-refractivity contribution in [3.05, 3.63) is 58.6 Å². The lowest BCUT2D eigenvalue weighted by Gasteiger charge is -2.37. The normalized spacial score (nSPS) is 20.7. The Morgan fingerprint density at radius 1 is 1.22 bits per heavy atom. The number of fused-ring (bicyclic) bond motifs is 3. The van der Waals surface area contributed by atoms with Crippen molar-refractivity contribution in [3.8, 4) is 5.75 Å². The molecule has 190 valence electrons. The van der Waals surface area contributed by atoms with E-state index in [-0.39, 0.29) is 11.4 Å². The molecule has 2 aromatic carbocycles. The molecule has 4 rings (SSSR count). The van der Waals surface area contributed by atoms with Crippen LogP contribution in [0.2, 0.25) is 5.02 Å². The first-order valence-electron chi connectivity index (χ1n) is 10.2. The molecule has 0 spiro atoms. The standard InChI is InChI=1S/C22H17ClF3N3O7/c1-11-16-9-12(23)3-8-15(16)17-21(11,18(30)31)35-10-28(27-17)19(32)29(20(33)34-2)13-4-6-14(7-5-13)36-22(24,25)26/h3-9,11H,10H2,1-2H3,(H,30,31). The Hall–Kier alpha value is -3.84. The van der Waals surface area contributed by atoms with Crippen molar-refractivity contribution in [2.45, 2.75) is 24.8 Å². The monoisotopic (exact) mass is 527 g/mol. The van der Waals surface area contributed by atoms with Gasteiger partial charge in [-0.2, -0.15) is 15.0 Å². The number of hydrogen-bond donors (Lipinski definition) is 1. The van der Waals surface area contributed by atoms with Gasteiger partial charge in [0.15, 0.2) is 0 Å². The molecule has 14 heteroatoms. The lowest BCUT2D eigenvalue weighted by Crippen LogP contribution is -2.57. The summed E-state index contributed by atoms with van der Waals surface area (Å²) in [6.07, 6.45) is -6.11. The highest BCUT2D eigenvalue weighted by Gasteiger charge is 2.59. The summed E-state index contributed by atoms with van der Waals surface area (Å²) in [5.74, 6) is -2.62. The van der Waals surface area contributed by atoms with Gasteiger partial charge in [0.1, 0.15) is 18.2 Å². The second-order valence-corrected chi connectivity index (χ2v) is 8.18. The maximum Gasteiger partial charge on any atom is 0.573 e. The topological polar surface area (TPSA) is 118 Å². The van der Waals surface area contributed by atoms with Crippen molar-refractivity contribution in [2.75, 3.05) is 18.7 Å². The van der Waals surface area contributed by atoms with Crippen molar-refractivity contribution in [1.82, 2.24) is 5.01 Å². The lowest BCUT2D eigenvalue weighted by atomic mass is 9.88. The summed E-state index contributed by atoms with van der Waals surface area (Å²) in [4.78, 5) is 38.6. The summed E-state index contributed by atoms with van der Waals surface area (Å²) in [5.41, 5.74) is -1.21. The lowest BCUT2D eigenvalue weighted by molar-refractivity contribution is -0.274. The van der Waals surface area contributed by atoms with E-state index in [1.165, 1.54) is 6.07 Å². The number of alkyl halides is 3. The third-order valence-electron chi connectivity index (χ3n) is 5.75. The molecular weight excluding hydrogens is 511 g/mol. The largest absolute Gasteiger partial charge is 0.573 e. The summed E-state index contributed by atoms with van der Waals surface area (Å²) < 4.78 is 51.5. The SMILES string of the molecule is COC(=O)N(C(=O)N1COC2(C(=O)O)C(=N1)c1ccc(Cl)cc1C2C)c1ccc(OC(F)(F)F)cc1. The van der Waals surface area contributed by atoms with Crippen LogP contribution in [-0.4, -0.2) is 59.7 Å². The number of carbonyl (C=O) groups excluding carboxylic acids is 2. The molecule has 1 N–H and O–H groups in total. The molecule has 1 aliphatic carbocycles. The first-order chi connectivity index (χ1) is 16.9. The molecule has 0 fully saturated rings. The van der Waals surface area contributed by atoms with Gasteiger partial charge in [-0.15, -0.1) is 13.2 Å². The van der Waals surface area contributed by atoms with Crippen molar-refractivity contribution in [3.63, 3.8) is 0 Å². The quantitative estimate of drug-likeness (QED) is 0.621. The second-order valence-electron chi connectivity index (χ2n) is 7.75. The van der Waals surface area contributed by atoms with Gasteiger partial charge in [-0.1, -0.05) is 24.6 Å². The van der Waals surface area contributed by atoms with E-state index in [1.807, 2.05) is 0 Å². The van der Waals surface area contributed by atoms with Crippen LogP contribution < -0.4 is 9.64 Å². The van der Waals surface area contributed by atoms with E-state index < -0.39 is 48.5 Å². The van der Waals surface area contributed by atoms with Gasteiger partial charge >= 0.3 is 24.5 Å². The maximum absolute atomic E-state index is 13.3. The minimum absolute atomic E-state index is 0.0764. The highest BCUT2D eigenvalue weighted by atomic mass is 35.5. The average Bonchev–Trinajstić information content (AvgIpc) is 3.07. The fourth-order valence-electron chi connectivity index (χ4n) is 4.11. The molecule has 0 radical (unpaired) electrons. The number of rotatable bonds is 3. The Balaban J connectivity index is 1.72. The molecule has 0 bridgehead atoms. The van der Waals surface area contributed by atoms with Crippen LogP contribution in [0.3, 0.4) is 0 Å². The molecule has 3 amide bonds. The van der Waals surface area contributed by atoms with Gasteiger partial charge in [-0.25, -0.2) is 14.4 Å². The number of urea groups is 1. The van der Waals surface area contributed by atoms with Crippen LogP contribution in [0.1, 0.15) is 24.0 Å². The summed E-state index contributed by atoms with van der Waals surface area (Å²) in [6.45, 7) is 0.970. The molecule has 0 saturated heterocycles. The number of nitrogens with zero attached hydrogens (tertiary/aromatic N) is 3. The predicted molar refractivity (Wildman–Crippen MR) is 118 cm³/mol. The summed E-state index contributed by atoms with van der Waals surface area (Å²) in [6, 6.07) is 7.42. The van der Waals surface area contributed by atoms with E-state index in [4.69, 9.17) is 16.3 Å². The highest BCUT2D eigenvalue weighted by molar-refractivity contribution is 6.31. The van der Waals surface area contributed by atoms with Crippen LogP contribution in [0.15, 0.2) is 47.6 Å². The van der Waals surface area contributed by atoms with Crippen LogP contribution in [0.5, 0.6) is 5.75 Å². The van der Waals surface area contributed by atoms with Crippen LogP contribution in [0.4, 0.5) is 28.4 Å². The number of amides is 3. The van der Waals surface area contributed by atoms with Crippen molar-refractivity contribution in [2.24, 2.45) is 5.10 Å². The van der Waals surface area contributed by atoms with E-state index in [1.54, 1.807) is 19.1 Å². The molecule has 2 atom stereocenters. The minimum atomic E-state index is -4.93. The van der Waals surface area contributed by atoms with E-state index in [9.17, 15) is 32.7 Å². The number of hydrogen-bond acceptors (Lipinski definition) is 7. The molecule has 1 aliphatic heterocycles. The van der Waals surface area contributed by atoms with E-state index in [0.717, 1.165) is 31.4 Å². The predicted octanol–water partition coefficient (Wildman–Crippen LogP) is 4.57. The maximum atomic E-state index is 13.3. The fourth-order valence-corrected chi connectivity index (χ4v) is 4.29. The Bertz CT molecular complexity index is 1270. The number of carbonyl (C=O) groups is 3. The second kappa shape index (κ2) is 8.99. The number of halogens is 4. The highest BCUT2D eigenvalue weighted by Crippen LogP contribution is 2.46. The zero-order chi connectivity index (χ0) is 26.4. The molecular formula is C22H17ClF3N3O7. The zero-order valence-electron chi connectivity index (χ0n) is 18.6.